The molecule has 0 fully saturated rings. The smallest absolute Gasteiger partial charge is 0.338 e. The fourth-order valence-corrected chi connectivity index (χ4v) is 8.43. The number of carbonyl (C=O) groups is 2. The van der Waals surface area contributed by atoms with Gasteiger partial charge in [-0.2, -0.15) is 4.83 Å². The number of carbonyl (C=O) groups excluding carboxylic acids is 1. The summed E-state index contributed by atoms with van der Waals surface area (Å²) < 4.78 is 117. The highest BCUT2D eigenvalue weighted by Gasteiger charge is 2.22. The van der Waals surface area contributed by atoms with Gasteiger partial charge in [0.15, 0.2) is 17.4 Å². The molecule has 5 N–H and O–H groups in total. The van der Waals surface area contributed by atoms with Gasteiger partial charge in [0.05, 0.1) is 87.8 Å². The Balaban J connectivity index is 0.000000272. The molecule has 7 aromatic rings. The lowest BCUT2D eigenvalue weighted by atomic mass is 10.0. The highest BCUT2D eigenvalue weighted by Crippen LogP contribution is 2.29. The molecule has 0 aliphatic rings. The lowest BCUT2D eigenvalue weighted by Gasteiger charge is -2.09. The SMILES string of the molecule is C.COc1ccc(S(=O)(=O)Cl)cc1.COc1ccc(S(=O)(=O)NCC(=O)c2cc(-c3cn(C)cn3)cc(Cl)c2F)cc1.COc1ccc(S(=O)(=O)NN)cc1.Cn1cnc(-c2cc(Cl)c(F)c(C(=O)O)c2)c1. The molecule has 0 saturated carbocycles. The number of hydrogen-bond donors (Lipinski definition) is 4. The third-order valence-electron chi connectivity index (χ3n) is 9.25. The molecule has 0 aliphatic heterocycles. The van der Waals surface area contributed by atoms with Crippen LogP contribution in [0.1, 0.15) is 28.1 Å². The second-order valence-electron chi connectivity index (χ2n) is 14.1. The quantitative estimate of drug-likeness (QED) is 0.0351. The van der Waals surface area contributed by atoms with E-state index in [1.165, 1.54) is 106 Å². The highest BCUT2D eigenvalue weighted by atomic mass is 35.7. The number of sulfonamides is 2. The molecule has 0 unspecified atom stereocenters. The van der Waals surface area contributed by atoms with Gasteiger partial charge in [-0.3, -0.25) is 10.6 Å². The largest absolute Gasteiger partial charge is 0.497 e. The van der Waals surface area contributed by atoms with Crippen LogP contribution in [-0.4, -0.2) is 89.1 Å². The maximum atomic E-state index is 14.4. The number of methoxy groups -OCH3 is 3. The Labute approximate surface area is 428 Å². The van der Waals surface area contributed by atoms with E-state index in [0.29, 0.717) is 39.8 Å². The van der Waals surface area contributed by atoms with E-state index < -0.39 is 64.6 Å². The predicted molar refractivity (Wildman–Crippen MR) is 267 cm³/mol. The number of nitrogens with one attached hydrogen (secondary N) is 2. The Hall–Kier alpha value is -6.48. The number of aryl methyl sites for hydroxylation is 2. The number of carboxylic acids is 1. The molecule has 0 amide bonds. The monoisotopic (exact) mass is 1120 g/mol. The van der Waals surface area contributed by atoms with E-state index in [1.54, 1.807) is 65.2 Å². The number of nitrogens with two attached hydrogens (primary N) is 1. The van der Waals surface area contributed by atoms with Crippen LogP contribution in [0.2, 0.25) is 10.0 Å². The molecular formula is C45H46Cl3F2N7O12S3. The van der Waals surface area contributed by atoms with E-state index in [2.05, 4.69) is 14.7 Å². The Bertz CT molecular complexity index is 3330. The second-order valence-corrected chi connectivity index (χ2v) is 21.0. The molecule has 19 nitrogen and oxygen atoms in total. The number of carboxylic acid groups (broad SMARTS) is 1. The fourth-order valence-electron chi connectivity index (χ4n) is 5.61. The van der Waals surface area contributed by atoms with Crippen molar-refractivity contribution in [3.05, 3.63) is 155 Å². The van der Waals surface area contributed by atoms with Gasteiger partial charge in [-0.1, -0.05) is 30.6 Å². The minimum atomic E-state index is -3.97. The van der Waals surface area contributed by atoms with Crippen molar-refractivity contribution in [3.63, 3.8) is 0 Å². The average Bonchev–Trinajstić information content (AvgIpc) is 4.00. The lowest BCUT2D eigenvalue weighted by Crippen LogP contribution is -2.30. The molecule has 0 atom stereocenters. The Morgan fingerprint density at radius 1 is 0.639 bits per heavy atom. The van der Waals surface area contributed by atoms with Crippen LogP contribution in [0.3, 0.4) is 0 Å². The second kappa shape index (κ2) is 26.3. The van der Waals surface area contributed by atoms with Gasteiger partial charge in [-0.25, -0.2) is 53.5 Å². The van der Waals surface area contributed by atoms with E-state index in [1.807, 2.05) is 0 Å². The lowest BCUT2D eigenvalue weighted by molar-refractivity contribution is 0.0691. The van der Waals surface area contributed by atoms with E-state index in [0.717, 1.165) is 0 Å². The van der Waals surface area contributed by atoms with Crippen LogP contribution >= 0.6 is 33.9 Å². The van der Waals surface area contributed by atoms with Crippen molar-refractivity contribution >= 4 is 74.7 Å². The molecular weight excluding hydrogens is 1070 g/mol. The summed E-state index contributed by atoms with van der Waals surface area (Å²) in [4.78, 5) is 33.4. The van der Waals surface area contributed by atoms with Gasteiger partial charge < -0.3 is 28.5 Å². The molecule has 2 heterocycles. The van der Waals surface area contributed by atoms with E-state index in [9.17, 15) is 43.6 Å². The summed E-state index contributed by atoms with van der Waals surface area (Å²) >= 11 is 11.6. The molecule has 5 aromatic carbocycles. The number of aromatic nitrogens is 4. The van der Waals surface area contributed by atoms with Crippen LogP contribution in [0, 0.1) is 11.6 Å². The molecule has 2 aromatic heterocycles. The maximum absolute atomic E-state index is 14.4. The van der Waals surface area contributed by atoms with Crippen LogP contribution < -0.4 is 29.6 Å². The molecule has 0 spiro atoms. The normalized spacial score (nSPS) is 11.0. The summed E-state index contributed by atoms with van der Waals surface area (Å²) in [6.07, 6.45) is 6.49. The summed E-state index contributed by atoms with van der Waals surface area (Å²) in [5, 5.41) is 8.36. The zero-order valence-electron chi connectivity index (χ0n) is 37.7. The van der Waals surface area contributed by atoms with Crippen LogP contribution in [0.15, 0.2) is 137 Å². The number of ether oxygens (including phenoxy) is 3. The van der Waals surface area contributed by atoms with Gasteiger partial charge in [0.1, 0.15) is 17.2 Å². The van der Waals surface area contributed by atoms with Crippen LogP contribution in [0.25, 0.3) is 22.5 Å². The van der Waals surface area contributed by atoms with Crippen LogP contribution in [0.5, 0.6) is 17.2 Å². The maximum Gasteiger partial charge on any atom is 0.338 e. The minimum Gasteiger partial charge on any atom is -0.497 e. The molecule has 7 rings (SSSR count). The average molecular weight is 1120 g/mol. The zero-order valence-corrected chi connectivity index (χ0v) is 42.4. The van der Waals surface area contributed by atoms with Crippen molar-refractivity contribution in [1.82, 2.24) is 28.7 Å². The number of ketones is 1. The van der Waals surface area contributed by atoms with Gasteiger partial charge in [-0.15, -0.1) is 0 Å². The number of imidazole rings is 2. The molecule has 0 bridgehead atoms. The topological polar surface area (TPSA) is 270 Å². The fraction of sp³-hybridized carbons (Fsp3) is 0.156. The number of nitrogens with zero attached hydrogens (tertiary/aromatic N) is 4. The third-order valence-corrected chi connectivity index (χ3v) is 13.8. The predicted octanol–water partition coefficient (Wildman–Crippen LogP) is 7.73. The van der Waals surface area contributed by atoms with Crippen molar-refractivity contribution in [2.75, 3.05) is 27.9 Å². The van der Waals surface area contributed by atoms with Gasteiger partial charge in [0, 0.05) is 48.3 Å². The number of hydrogen-bond acceptors (Lipinski definition) is 14. The first-order valence-electron chi connectivity index (χ1n) is 19.6. The number of aromatic carboxylic acids is 1. The van der Waals surface area contributed by atoms with Crippen molar-refractivity contribution in [1.29, 1.82) is 0 Å². The number of halogens is 5. The molecule has 72 heavy (non-hydrogen) atoms. The summed E-state index contributed by atoms with van der Waals surface area (Å²) in [7, 11) is 1.97. The van der Waals surface area contributed by atoms with Crippen LogP contribution in [-0.2, 0) is 43.2 Å². The Morgan fingerprint density at radius 2 is 1.00 bits per heavy atom. The summed E-state index contributed by atoms with van der Waals surface area (Å²) in [5.41, 5.74) is 1.17. The third kappa shape index (κ3) is 16.5. The summed E-state index contributed by atoms with van der Waals surface area (Å²) in [6.45, 7) is -0.632. The van der Waals surface area contributed by atoms with Crippen molar-refractivity contribution in [2.45, 2.75) is 22.1 Å². The molecule has 386 valence electrons. The van der Waals surface area contributed by atoms with E-state index >= 15 is 0 Å². The van der Waals surface area contributed by atoms with Gasteiger partial charge in [0.25, 0.3) is 19.1 Å². The molecule has 0 aliphatic carbocycles. The first kappa shape index (κ1) is 59.8. The zero-order chi connectivity index (χ0) is 52.8. The van der Waals surface area contributed by atoms with E-state index in [4.69, 9.17) is 59.0 Å². The number of hydrazine groups is 1. The molecule has 27 heteroatoms. The van der Waals surface area contributed by atoms with Gasteiger partial charge in [-0.05, 0) is 97.1 Å². The van der Waals surface area contributed by atoms with Gasteiger partial charge in [0.2, 0.25) is 10.0 Å². The van der Waals surface area contributed by atoms with E-state index in [-0.39, 0.29) is 37.7 Å². The van der Waals surface area contributed by atoms with Crippen molar-refractivity contribution in [2.24, 2.45) is 19.9 Å². The summed E-state index contributed by atoms with van der Waals surface area (Å²) in [6, 6.07) is 22.6. The standard InChI is InChI=1S/C19H17ClFN3O4S.C11H8ClFN2O2.C7H7ClO3S.C7H10N2O3S.CH4/c1-24-10-17(22-11-24)12-7-15(19(21)16(20)8-12)18(25)9-23-29(26,27)14-5-3-13(28-2)4-6-14;1-15-4-9(14-5-15)6-2-7(11(16)17)10(13)8(12)3-6;1-11-6-2-4-7(5-3-6)12(8,9)10;1-12-6-2-4-7(5-3-6)13(10,11)9-8;/h3-8,10-11,23H,9H2,1-2H3;2-5H,1H3,(H,16,17);2-5H,1H3;2-5,9H,8H2,1H3;1H4. The number of benzene rings is 5. The van der Waals surface area contributed by atoms with Crippen LogP contribution in [0.4, 0.5) is 8.78 Å². The Morgan fingerprint density at radius 3 is 1.33 bits per heavy atom. The van der Waals surface area contributed by atoms with Gasteiger partial charge >= 0.3 is 5.97 Å². The first-order valence-corrected chi connectivity index (χ1v) is 25.7. The minimum absolute atomic E-state index is 0. The number of rotatable bonds is 14. The highest BCUT2D eigenvalue weighted by molar-refractivity contribution is 8.13. The molecule has 0 saturated heterocycles. The Kier molecular flexibility index (Phi) is 21.8. The number of Topliss-reactive ketones (excluding diaryl/α,β-unsaturated/α-hetero) is 1. The van der Waals surface area contributed by atoms with Crippen molar-refractivity contribution in [3.8, 4) is 39.8 Å². The van der Waals surface area contributed by atoms with Crippen molar-refractivity contribution < 1.29 is 62.9 Å². The first-order chi connectivity index (χ1) is 33.3. The summed E-state index contributed by atoms with van der Waals surface area (Å²) in [5.74, 6) is 2.55. The molecule has 0 radical (unpaired) electrons.